The van der Waals surface area contributed by atoms with Gasteiger partial charge in [0, 0.05) is 18.8 Å². The Labute approximate surface area is 112 Å². The van der Waals surface area contributed by atoms with Gasteiger partial charge in [0.25, 0.3) is 0 Å². The van der Waals surface area contributed by atoms with Crippen LogP contribution < -0.4 is 0 Å². The van der Waals surface area contributed by atoms with Crippen LogP contribution in [-0.2, 0) is 16.0 Å². The van der Waals surface area contributed by atoms with E-state index in [1.165, 1.54) is 0 Å². The monoisotopic (exact) mass is 262 g/mol. The normalized spacial score (nSPS) is 22.5. The molecule has 0 spiro atoms. The molecule has 1 aliphatic heterocycles. The van der Waals surface area contributed by atoms with Gasteiger partial charge in [0.1, 0.15) is 0 Å². The van der Waals surface area contributed by atoms with Crippen LogP contribution in [0.15, 0.2) is 18.3 Å². The van der Waals surface area contributed by atoms with Crippen molar-refractivity contribution in [3.63, 3.8) is 0 Å². The highest BCUT2D eigenvalue weighted by atomic mass is 16.4. The number of nitrogens with zero attached hydrogens (tertiary/aromatic N) is 2. The summed E-state index contributed by atoms with van der Waals surface area (Å²) in [6.45, 7) is 4.24. The number of aromatic nitrogens is 1. The van der Waals surface area contributed by atoms with Crippen molar-refractivity contribution < 1.29 is 14.7 Å². The van der Waals surface area contributed by atoms with E-state index in [2.05, 4.69) is 4.98 Å². The Kier molecular flexibility index (Phi) is 3.83. The average molecular weight is 262 g/mol. The molecule has 2 unspecified atom stereocenters. The number of hydrogen-bond acceptors (Lipinski definition) is 3. The predicted octanol–water partition coefficient (Wildman–Crippen LogP) is 1.25. The lowest BCUT2D eigenvalue weighted by atomic mass is 10.0. The first-order valence-electron chi connectivity index (χ1n) is 6.43. The Morgan fingerprint density at radius 1 is 1.53 bits per heavy atom. The minimum Gasteiger partial charge on any atom is -0.481 e. The number of amides is 1. The van der Waals surface area contributed by atoms with Crippen LogP contribution in [0.25, 0.3) is 0 Å². The third kappa shape index (κ3) is 2.75. The Hall–Kier alpha value is -1.91. The Bertz CT molecular complexity index is 501. The molecule has 1 aromatic heterocycles. The molecule has 1 fully saturated rings. The molecular weight excluding hydrogens is 244 g/mol. The van der Waals surface area contributed by atoms with Crippen molar-refractivity contribution in [3.8, 4) is 0 Å². The molecule has 19 heavy (non-hydrogen) atoms. The van der Waals surface area contributed by atoms with Crippen molar-refractivity contribution in [2.45, 2.75) is 32.7 Å². The van der Waals surface area contributed by atoms with E-state index in [4.69, 9.17) is 5.11 Å². The van der Waals surface area contributed by atoms with E-state index in [0.29, 0.717) is 13.0 Å². The summed E-state index contributed by atoms with van der Waals surface area (Å²) >= 11 is 0. The number of pyridine rings is 1. The maximum absolute atomic E-state index is 12.2. The highest BCUT2D eigenvalue weighted by molar-refractivity contribution is 5.81. The highest BCUT2D eigenvalue weighted by Crippen LogP contribution is 2.25. The Balaban J connectivity index is 2.06. The quantitative estimate of drug-likeness (QED) is 0.890. The second-order valence-electron chi connectivity index (χ2n) is 5.00. The van der Waals surface area contributed by atoms with E-state index in [1.807, 2.05) is 19.1 Å². The standard InChI is InChI=1S/C14H18N2O3/c1-9-4-3-6-15-12(9)8-13(17)16-7-5-11(10(16)2)14(18)19/h3-4,6,10-11H,5,7-8H2,1-2H3,(H,18,19). The zero-order chi connectivity index (χ0) is 14.0. The number of aryl methyl sites for hydroxylation is 1. The fourth-order valence-corrected chi connectivity index (χ4v) is 2.57. The van der Waals surface area contributed by atoms with Crippen LogP contribution in [0.1, 0.15) is 24.6 Å². The first kappa shape index (κ1) is 13.5. The van der Waals surface area contributed by atoms with Crippen LogP contribution in [0.3, 0.4) is 0 Å². The summed E-state index contributed by atoms with van der Waals surface area (Å²) in [5, 5.41) is 9.07. The first-order valence-corrected chi connectivity index (χ1v) is 6.43. The van der Waals surface area contributed by atoms with E-state index in [-0.39, 0.29) is 18.4 Å². The van der Waals surface area contributed by atoms with Crippen LogP contribution in [0, 0.1) is 12.8 Å². The number of likely N-dealkylation sites (tertiary alicyclic amines) is 1. The predicted molar refractivity (Wildman–Crippen MR) is 69.6 cm³/mol. The number of carboxylic acid groups (broad SMARTS) is 1. The molecule has 5 heteroatoms. The smallest absolute Gasteiger partial charge is 0.308 e. The molecule has 2 atom stereocenters. The van der Waals surface area contributed by atoms with Crippen molar-refractivity contribution in [3.05, 3.63) is 29.6 Å². The van der Waals surface area contributed by atoms with Crippen LogP contribution in [0.2, 0.25) is 0 Å². The van der Waals surface area contributed by atoms with Gasteiger partial charge in [0.2, 0.25) is 5.91 Å². The third-order valence-corrected chi connectivity index (χ3v) is 3.83. The molecule has 1 aromatic rings. The van der Waals surface area contributed by atoms with Gasteiger partial charge < -0.3 is 10.0 Å². The largest absolute Gasteiger partial charge is 0.481 e. The van der Waals surface area contributed by atoms with Gasteiger partial charge in [0.05, 0.1) is 18.0 Å². The number of rotatable bonds is 3. The molecule has 1 aliphatic rings. The van der Waals surface area contributed by atoms with E-state index < -0.39 is 11.9 Å². The van der Waals surface area contributed by atoms with Gasteiger partial charge in [-0.3, -0.25) is 14.6 Å². The van der Waals surface area contributed by atoms with Crippen molar-refractivity contribution >= 4 is 11.9 Å². The molecule has 0 radical (unpaired) electrons. The summed E-state index contributed by atoms with van der Waals surface area (Å²) in [6, 6.07) is 3.51. The summed E-state index contributed by atoms with van der Waals surface area (Å²) in [4.78, 5) is 29.1. The van der Waals surface area contributed by atoms with Crippen molar-refractivity contribution in [1.82, 2.24) is 9.88 Å². The second-order valence-corrected chi connectivity index (χ2v) is 5.00. The number of hydrogen-bond donors (Lipinski definition) is 1. The molecule has 1 amide bonds. The number of carbonyl (C=O) groups is 2. The number of carboxylic acids is 1. The van der Waals surface area contributed by atoms with Gasteiger partial charge in [-0.15, -0.1) is 0 Å². The van der Waals surface area contributed by atoms with Crippen LogP contribution >= 0.6 is 0 Å². The van der Waals surface area contributed by atoms with Crippen molar-refractivity contribution in [2.75, 3.05) is 6.54 Å². The fourth-order valence-electron chi connectivity index (χ4n) is 2.57. The number of carbonyl (C=O) groups excluding carboxylic acids is 1. The summed E-state index contributed by atoms with van der Waals surface area (Å²) < 4.78 is 0. The maximum Gasteiger partial charge on any atom is 0.308 e. The van der Waals surface area contributed by atoms with Crippen LogP contribution in [0.5, 0.6) is 0 Å². The third-order valence-electron chi connectivity index (χ3n) is 3.83. The fraction of sp³-hybridized carbons (Fsp3) is 0.500. The SMILES string of the molecule is Cc1cccnc1CC(=O)N1CCC(C(=O)O)C1C. The molecule has 0 bridgehead atoms. The summed E-state index contributed by atoms with van der Waals surface area (Å²) in [5.74, 6) is -1.32. The van der Waals surface area contributed by atoms with E-state index in [1.54, 1.807) is 18.0 Å². The lowest BCUT2D eigenvalue weighted by molar-refractivity contribution is -0.143. The number of aliphatic carboxylic acids is 1. The van der Waals surface area contributed by atoms with E-state index in [9.17, 15) is 9.59 Å². The minimum absolute atomic E-state index is 0.0435. The zero-order valence-corrected chi connectivity index (χ0v) is 11.2. The van der Waals surface area contributed by atoms with E-state index >= 15 is 0 Å². The lowest BCUT2D eigenvalue weighted by Gasteiger charge is -2.23. The van der Waals surface area contributed by atoms with Gasteiger partial charge in [-0.2, -0.15) is 0 Å². The molecule has 2 rings (SSSR count). The van der Waals surface area contributed by atoms with Crippen molar-refractivity contribution in [1.29, 1.82) is 0 Å². The van der Waals surface area contributed by atoms with Gasteiger partial charge >= 0.3 is 5.97 Å². The molecular formula is C14H18N2O3. The van der Waals surface area contributed by atoms with E-state index in [0.717, 1.165) is 11.3 Å². The molecule has 0 aromatic carbocycles. The van der Waals surface area contributed by atoms with Gasteiger partial charge in [-0.1, -0.05) is 6.07 Å². The molecule has 5 nitrogen and oxygen atoms in total. The Morgan fingerprint density at radius 2 is 2.26 bits per heavy atom. The highest BCUT2D eigenvalue weighted by Gasteiger charge is 2.37. The topological polar surface area (TPSA) is 70.5 Å². The summed E-state index contributed by atoms with van der Waals surface area (Å²) in [5.41, 5.74) is 1.75. The first-order chi connectivity index (χ1) is 9.00. The average Bonchev–Trinajstić information content (AvgIpc) is 2.74. The van der Waals surface area contributed by atoms with Crippen LogP contribution in [0.4, 0.5) is 0 Å². The molecule has 1 saturated heterocycles. The van der Waals surface area contributed by atoms with Gasteiger partial charge in [0.15, 0.2) is 0 Å². The van der Waals surface area contributed by atoms with Crippen LogP contribution in [-0.4, -0.2) is 39.5 Å². The molecule has 0 aliphatic carbocycles. The van der Waals surface area contributed by atoms with Gasteiger partial charge in [-0.25, -0.2) is 0 Å². The minimum atomic E-state index is -0.822. The second kappa shape index (κ2) is 5.38. The zero-order valence-electron chi connectivity index (χ0n) is 11.2. The molecule has 0 saturated carbocycles. The lowest BCUT2D eigenvalue weighted by Crippen LogP contribution is -2.38. The molecule has 1 N–H and O–H groups in total. The summed E-state index contributed by atoms with van der Waals surface area (Å²) in [6.07, 6.45) is 2.44. The van der Waals surface area contributed by atoms with Gasteiger partial charge in [-0.05, 0) is 31.9 Å². The Morgan fingerprint density at radius 3 is 2.84 bits per heavy atom. The van der Waals surface area contributed by atoms with Crippen molar-refractivity contribution in [2.24, 2.45) is 5.92 Å². The maximum atomic E-state index is 12.2. The molecule has 102 valence electrons. The molecule has 2 heterocycles. The summed E-state index contributed by atoms with van der Waals surface area (Å²) in [7, 11) is 0.